The summed E-state index contributed by atoms with van der Waals surface area (Å²) in [6, 6.07) is 10.9. The van der Waals surface area contributed by atoms with Crippen molar-refractivity contribution < 1.29 is 32.7 Å². The molecule has 1 unspecified atom stereocenters. The highest BCUT2D eigenvalue weighted by molar-refractivity contribution is 5.97. The first-order valence-electron chi connectivity index (χ1n) is 9.57. The van der Waals surface area contributed by atoms with E-state index in [1.54, 1.807) is 35.5 Å². The monoisotopic (exact) mass is 448 g/mol. The molecule has 2 aliphatic rings. The van der Waals surface area contributed by atoms with Crippen LogP contribution in [0.25, 0.3) is 0 Å². The summed E-state index contributed by atoms with van der Waals surface area (Å²) in [5, 5.41) is 16.0. The average Bonchev–Trinajstić information content (AvgIpc) is 3.48. The number of aromatic nitrogens is 1. The number of aliphatic carboxylic acids is 1. The zero-order valence-electron chi connectivity index (χ0n) is 16.7. The molecule has 1 aromatic heterocycles. The van der Waals surface area contributed by atoms with Crippen molar-refractivity contribution in [2.75, 3.05) is 24.5 Å². The number of carbonyl (C=O) groups is 3. The first-order valence-corrected chi connectivity index (χ1v) is 9.57. The Kier molecular flexibility index (Phi) is 6.25. The molecule has 2 aromatic rings. The number of nitriles is 1. The van der Waals surface area contributed by atoms with E-state index in [0.29, 0.717) is 37.2 Å². The molecule has 2 saturated heterocycles. The van der Waals surface area contributed by atoms with E-state index in [1.807, 2.05) is 17.0 Å². The lowest BCUT2D eigenvalue weighted by Crippen LogP contribution is -2.34. The van der Waals surface area contributed by atoms with Gasteiger partial charge in [-0.3, -0.25) is 9.59 Å². The van der Waals surface area contributed by atoms with E-state index in [9.17, 15) is 22.8 Å². The second kappa shape index (κ2) is 8.74. The smallest absolute Gasteiger partial charge is 0.475 e. The lowest BCUT2D eigenvalue weighted by Gasteiger charge is -2.24. The van der Waals surface area contributed by atoms with Crippen LogP contribution in [-0.2, 0) is 9.59 Å². The lowest BCUT2D eigenvalue weighted by molar-refractivity contribution is -0.192. The van der Waals surface area contributed by atoms with Gasteiger partial charge in [-0.2, -0.15) is 18.4 Å². The van der Waals surface area contributed by atoms with Crippen LogP contribution in [0, 0.1) is 16.7 Å². The first-order chi connectivity index (χ1) is 15.0. The van der Waals surface area contributed by atoms with E-state index in [-0.39, 0.29) is 17.2 Å². The molecule has 11 heteroatoms. The van der Waals surface area contributed by atoms with Crippen molar-refractivity contribution in [3.05, 3.63) is 53.9 Å². The quantitative estimate of drug-likeness (QED) is 0.733. The Bertz CT molecular complexity index is 1040. The number of nitrogens with one attached hydrogen (secondary N) is 1. The summed E-state index contributed by atoms with van der Waals surface area (Å²) in [6.07, 6.45) is -0.341. The molecule has 2 amide bonds. The number of benzene rings is 1. The van der Waals surface area contributed by atoms with Gasteiger partial charge in [0.2, 0.25) is 5.91 Å². The van der Waals surface area contributed by atoms with Crippen LogP contribution < -0.4 is 4.90 Å². The molecule has 2 aliphatic heterocycles. The van der Waals surface area contributed by atoms with Crippen molar-refractivity contribution in [2.24, 2.45) is 5.41 Å². The number of carbonyl (C=O) groups excluding carboxylic acids is 2. The van der Waals surface area contributed by atoms with E-state index in [0.717, 1.165) is 12.1 Å². The molecule has 0 aliphatic carbocycles. The Balaban J connectivity index is 0.000000360. The molecule has 3 heterocycles. The third kappa shape index (κ3) is 4.91. The number of likely N-dealkylation sites (tertiary alicyclic amines) is 1. The fraction of sp³-hybridized carbons (Fsp3) is 0.333. The van der Waals surface area contributed by atoms with Crippen LogP contribution in [0.4, 0.5) is 18.9 Å². The second-order valence-electron chi connectivity index (χ2n) is 7.69. The van der Waals surface area contributed by atoms with Crippen molar-refractivity contribution in [3.63, 3.8) is 0 Å². The normalized spacial score (nSPS) is 20.1. The number of alkyl halides is 3. The topological polar surface area (TPSA) is 118 Å². The summed E-state index contributed by atoms with van der Waals surface area (Å²) in [5.74, 6) is -2.66. The zero-order valence-corrected chi connectivity index (χ0v) is 16.7. The van der Waals surface area contributed by atoms with Gasteiger partial charge in [-0.1, -0.05) is 0 Å². The molecule has 0 radical (unpaired) electrons. The van der Waals surface area contributed by atoms with Gasteiger partial charge in [0.05, 0.1) is 17.2 Å². The molecule has 1 spiro atoms. The number of hydrogen-bond acceptors (Lipinski definition) is 4. The van der Waals surface area contributed by atoms with Crippen LogP contribution in [-0.4, -0.2) is 58.6 Å². The Morgan fingerprint density at radius 1 is 1.16 bits per heavy atom. The number of nitrogens with zero attached hydrogens (tertiary/aromatic N) is 3. The van der Waals surface area contributed by atoms with Gasteiger partial charge in [0.25, 0.3) is 5.91 Å². The molecule has 1 aromatic carbocycles. The van der Waals surface area contributed by atoms with Gasteiger partial charge in [0.1, 0.15) is 0 Å². The first kappa shape index (κ1) is 22.9. The number of aromatic amines is 1. The molecular formula is C21H19F3N4O4. The zero-order chi connectivity index (χ0) is 23.5. The van der Waals surface area contributed by atoms with Gasteiger partial charge in [-0.25, -0.2) is 4.79 Å². The van der Waals surface area contributed by atoms with Gasteiger partial charge in [0.15, 0.2) is 0 Å². The number of hydrogen-bond donors (Lipinski definition) is 2. The molecule has 168 valence electrons. The van der Waals surface area contributed by atoms with Crippen LogP contribution in [0.3, 0.4) is 0 Å². The van der Waals surface area contributed by atoms with Crippen molar-refractivity contribution in [1.29, 1.82) is 5.26 Å². The SMILES string of the molecule is N#Cc1ccc(N2CC3(CCN(C(=O)c4cc[nH]c4)C3)CC2=O)cc1.O=C(O)C(F)(F)F. The van der Waals surface area contributed by atoms with E-state index < -0.39 is 12.1 Å². The lowest BCUT2D eigenvalue weighted by atomic mass is 9.86. The molecule has 2 N–H and O–H groups in total. The Hall–Kier alpha value is -3.81. The minimum Gasteiger partial charge on any atom is -0.475 e. The minimum absolute atomic E-state index is 0.0161. The maximum atomic E-state index is 12.5. The summed E-state index contributed by atoms with van der Waals surface area (Å²) in [7, 11) is 0. The highest BCUT2D eigenvalue weighted by atomic mass is 19.4. The molecule has 4 rings (SSSR count). The second-order valence-corrected chi connectivity index (χ2v) is 7.69. The molecule has 0 bridgehead atoms. The molecule has 2 fully saturated rings. The van der Waals surface area contributed by atoms with Crippen molar-refractivity contribution in [3.8, 4) is 6.07 Å². The molecule has 0 saturated carbocycles. The number of H-pyrrole nitrogens is 1. The average molecular weight is 448 g/mol. The summed E-state index contributed by atoms with van der Waals surface area (Å²) in [4.78, 5) is 40.5. The standard InChI is InChI=1S/C19H18N4O2.C2HF3O2/c20-10-14-1-3-16(4-2-14)23-13-19(9-17(23)24)6-8-22(12-19)18(25)15-5-7-21-11-15;3-2(4,5)1(6)7/h1-5,7,11,21H,6,8-9,12-13H2;(H,6,7). The van der Waals surface area contributed by atoms with Crippen LogP contribution in [0.2, 0.25) is 0 Å². The summed E-state index contributed by atoms with van der Waals surface area (Å²) in [6.45, 7) is 1.91. The van der Waals surface area contributed by atoms with Crippen LogP contribution in [0.15, 0.2) is 42.7 Å². The van der Waals surface area contributed by atoms with Crippen LogP contribution in [0.1, 0.15) is 28.8 Å². The fourth-order valence-electron chi connectivity index (χ4n) is 3.87. The predicted molar refractivity (Wildman–Crippen MR) is 106 cm³/mol. The van der Waals surface area contributed by atoms with E-state index in [2.05, 4.69) is 11.1 Å². The van der Waals surface area contributed by atoms with Crippen molar-refractivity contribution in [2.45, 2.75) is 19.0 Å². The number of carboxylic acids is 1. The Morgan fingerprint density at radius 2 is 1.81 bits per heavy atom. The van der Waals surface area contributed by atoms with Crippen molar-refractivity contribution >= 4 is 23.5 Å². The summed E-state index contributed by atoms with van der Waals surface area (Å²) >= 11 is 0. The maximum absolute atomic E-state index is 12.5. The number of amides is 2. The maximum Gasteiger partial charge on any atom is 0.490 e. The highest BCUT2D eigenvalue weighted by Crippen LogP contribution is 2.42. The van der Waals surface area contributed by atoms with Gasteiger partial charge >= 0.3 is 12.1 Å². The number of rotatable bonds is 2. The molecule has 32 heavy (non-hydrogen) atoms. The number of carboxylic acid groups (broad SMARTS) is 1. The van der Waals surface area contributed by atoms with Crippen molar-refractivity contribution in [1.82, 2.24) is 9.88 Å². The van der Waals surface area contributed by atoms with Gasteiger partial charge in [-0.15, -0.1) is 0 Å². The minimum atomic E-state index is -5.08. The summed E-state index contributed by atoms with van der Waals surface area (Å²) < 4.78 is 31.7. The Morgan fingerprint density at radius 3 is 2.34 bits per heavy atom. The fourth-order valence-corrected chi connectivity index (χ4v) is 3.87. The van der Waals surface area contributed by atoms with Gasteiger partial charge < -0.3 is 19.9 Å². The highest BCUT2D eigenvalue weighted by Gasteiger charge is 2.48. The largest absolute Gasteiger partial charge is 0.490 e. The Labute approximate surface area is 180 Å². The third-order valence-electron chi connectivity index (χ3n) is 5.44. The van der Waals surface area contributed by atoms with E-state index in [1.165, 1.54) is 0 Å². The van der Waals surface area contributed by atoms with Crippen LogP contribution in [0.5, 0.6) is 0 Å². The molecular weight excluding hydrogens is 429 g/mol. The van der Waals surface area contributed by atoms with Gasteiger partial charge in [0, 0.05) is 49.6 Å². The predicted octanol–water partition coefficient (Wildman–Crippen LogP) is 2.79. The molecule has 1 atom stereocenters. The van der Waals surface area contributed by atoms with E-state index >= 15 is 0 Å². The number of anilines is 1. The van der Waals surface area contributed by atoms with Crippen LogP contribution >= 0.6 is 0 Å². The summed E-state index contributed by atoms with van der Waals surface area (Å²) in [5.41, 5.74) is 1.88. The van der Waals surface area contributed by atoms with Gasteiger partial charge in [-0.05, 0) is 36.8 Å². The number of halogens is 3. The van der Waals surface area contributed by atoms with E-state index in [4.69, 9.17) is 15.2 Å². The molecule has 8 nitrogen and oxygen atoms in total. The third-order valence-corrected chi connectivity index (χ3v) is 5.44.